The summed E-state index contributed by atoms with van der Waals surface area (Å²) in [7, 11) is -1.39. The molecule has 0 aromatic heterocycles. The van der Waals surface area contributed by atoms with Crippen LogP contribution in [0.1, 0.15) is 39.0 Å². The molecule has 0 saturated carbocycles. The second kappa shape index (κ2) is 6.71. The lowest BCUT2D eigenvalue weighted by Crippen LogP contribution is -2.56. The van der Waals surface area contributed by atoms with E-state index in [1.54, 1.807) is 6.92 Å². The van der Waals surface area contributed by atoms with Crippen LogP contribution in [0.2, 0.25) is 19.6 Å². The van der Waals surface area contributed by atoms with Crippen molar-refractivity contribution in [3.05, 3.63) is 12.2 Å². The molecule has 1 rings (SSSR count). The number of carbonyl (C=O) groups excluding carboxylic acids is 1. The first-order valence-electron chi connectivity index (χ1n) is 7.25. The van der Waals surface area contributed by atoms with E-state index in [0.717, 1.165) is 25.9 Å². The highest BCUT2D eigenvalue weighted by molar-refractivity contribution is 6.79. The number of hydrogen-bond acceptors (Lipinski definition) is 3. The number of ether oxygens (including phenoxy) is 2. The minimum absolute atomic E-state index is 0.0703. The van der Waals surface area contributed by atoms with Crippen molar-refractivity contribution in [2.75, 3.05) is 13.2 Å². The topological polar surface area (TPSA) is 35.5 Å². The lowest BCUT2D eigenvalue weighted by atomic mass is 10.0. The maximum atomic E-state index is 11.3. The number of hydrogen-bond donors (Lipinski definition) is 0. The Morgan fingerprint density at radius 1 is 1.37 bits per heavy atom. The van der Waals surface area contributed by atoms with Crippen molar-refractivity contribution in [2.45, 2.75) is 63.9 Å². The molecule has 1 fully saturated rings. The van der Waals surface area contributed by atoms with Crippen LogP contribution in [0.15, 0.2) is 12.2 Å². The standard InChI is InChI=1S/C15H28O3Si/c1-13(2)14(16)17-11-8-10-15(19(3,4)5)9-6-7-12-18-15/h1,6-12H2,2-5H3. The average molecular weight is 284 g/mol. The van der Waals surface area contributed by atoms with Gasteiger partial charge in [0.25, 0.3) is 0 Å². The van der Waals surface area contributed by atoms with Gasteiger partial charge in [-0.15, -0.1) is 0 Å². The lowest BCUT2D eigenvalue weighted by Gasteiger charge is -2.46. The van der Waals surface area contributed by atoms with Gasteiger partial charge in [-0.05, 0) is 39.0 Å². The molecular weight excluding hydrogens is 256 g/mol. The Bertz CT molecular complexity index is 325. The Morgan fingerprint density at radius 2 is 2.05 bits per heavy atom. The fourth-order valence-corrected chi connectivity index (χ4v) is 5.05. The third-order valence-corrected chi connectivity index (χ3v) is 7.40. The summed E-state index contributed by atoms with van der Waals surface area (Å²) in [5, 5.41) is 0.0703. The Hall–Kier alpha value is -0.613. The van der Waals surface area contributed by atoms with Crippen molar-refractivity contribution in [3.63, 3.8) is 0 Å². The highest BCUT2D eigenvalue weighted by Gasteiger charge is 2.44. The molecule has 0 spiro atoms. The fourth-order valence-electron chi connectivity index (χ4n) is 2.66. The van der Waals surface area contributed by atoms with Gasteiger partial charge in [-0.25, -0.2) is 4.79 Å². The molecule has 1 saturated heterocycles. The maximum Gasteiger partial charge on any atom is 0.333 e. The Morgan fingerprint density at radius 3 is 2.53 bits per heavy atom. The van der Waals surface area contributed by atoms with E-state index in [2.05, 4.69) is 26.2 Å². The Kier molecular flexibility index (Phi) is 5.80. The highest BCUT2D eigenvalue weighted by Crippen LogP contribution is 2.37. The van der Waals surface area contributed by atoms with Gasteiger partial charge in [0.1, 0.15) is 0 Å². The largest absolute Gasteiger partial charge is 0.462 e. The predicted octanol–water partition coefficient (Wildman–Crippen LogP) is 3.70. The normalized spacial score (nSPS) is 24.0. The van der Waals surface area contributed by atoms with Crippen LogP contribution in [0.4, 0.5) is 0 Å². The molecule has 19 heavy (non-hydrogen) atoms. The molecule has 3 nitrogen and oxygen atoms in total. The summed E-state index contributed by atoms with van der Waals surface area (Å²) in [6.45, 7) is 13.7. The summed E-state index contributed by atoms with van der Waals surface area (Å²) >= 11 is 0. The van der Waals surface area contributed by atoms with E-state index in [4.69, 9.17) is 9.47 Å². The minimum atomic E-state index is -1.39. The molecule has 1 unspecified atom stereocenters. The molecule has 0 N–H and O–H groups in total. The van der Waals surface area contributed by atoms with Crippen molar-refractivity contribution in [3.8, 4) is 0 Å². The van der Waals surface area contributed by atoms with Crippen LogP contribution in [0.3, 0.4) is 0 Å². The average Bonchev–Trinajstić information content (AvgIpc) is 2.34. The molecule has 1 heterocycles. The van der Waals surface area contributed by atoms with E-state index in [9.17, 15) is 4.79 Å². The number of esters is 1. The van der Waals surface area contributed by atoms with Gasteiger partial charge in [0.2, 0.25) is 0 Å². The van der Waals surface area contributed by atoms with Gasteiger partial charge in [0, 0.05) is 12.2 Å². The van der Waals surface area contributed by atoms with Crippen molar-refractivity contribution in [2.24, 2.45) is 0 Å². The van der Waals surface area contributed by atoms with Gasteiger partial charge in [-0.2, -0.15) is 0 Å². The number of carbonyl (C=O) groups is 1. The van der Waals surface area contributed by atoms with E-state index in [0.29, 0.717) is 12.2 Å². The molecule has 0 radical (unpaired) electrons. The van der Waals surface area contributed by atoms with Gasteiger partial charge in [-0.1, -0.05) is 26.2 Å². The van der Waals surface area contributed by atoms with Crippen molar-refractivity contribution in [1.82, 2.24) is 0 Å². The molecule has 0 aromatic carbocycles. The molecule has 0 bridgehead atoms. The molecule has 0 amide bonds. The van der Waals surface area contributed by atoms with Crippen LogP contribution in [-0.2, 0) is 14.3 Å². The smallest absolute Gasteiger partial charge is 0.333 e. The Labute approximate surface area is 118 Å². The van der Waals surface area contributed by atoms with E-state index >= 15 is 0 Å². The molecule has 0 aromatic rings. The quantitative estimate of drug-likeness (QED) is 0.323. The van der Waals surface area contributed by atoms with Crippen LogP contribution in [0, 0.1) is 0 Å². The van der Waals surface area contributed by atoms with Crippen molar-refractivity contribution < 1.29 is 14.3 Å². The van der Waals surface area contributed by atoms with Crippen LogP contribution >= 0.6 is 0 Å². The molecule has 110 valence electrons. The zero-order valence-electron chi connectivity index (χ0n) is 12.9. The van der Waals surface area contributed by atoms with Crippen molar-refractivity contribution >= 4 is 14.0 Å². The first kappa shape index (κ1) is 16.4. The molecule has 0 aliphatic carbocycles. The maximum absolute atomic E-state index is 11.3. The zero-order valence-corrected chi connectivity index (χ0v) is 13.9. The van der Waals surface area contributed by atoms with Crippen molar-refractivity contribution in [1.29, 1.82) is 0 Å². The van der Waals surface area contributed by atoms with Gasteiger partial charge in [0.05, 0.1) is 19.9 Å². The zero-order chi connectivity index (χ0) is 14.5. The molecular formula is C15H28O3Si. The summed E-state index contributed by atoms with van der Waals surface area (Å²) in [6.07, 6.45) is 5.49. The molecule has 1 aliphatic heterocycles. The second-order valence-electron chi connectivity index (χ2n) is 6.57. The van der Waals surface area contributed by atoms with Crippen LogP contribution in [-0.4, -0.2) is 32.5 Å². The fraction of sp³-hybridized carbons (Fsp3) is 0.800. The van der Waals surface area contributed by atoms with Gasteiger partial charge in [0.15, 0.2) is 0 Å². The van der Waals surface area contributed by atoms with E-state index < -0.39 is 8.07 Å². The van der Waals surface area contributed by atoms with E-state index in [1.807, 2.05) is 0 Å². The summed E-state index contributed by atoms with van der Waals surface area (Å²) < 4.78 is 11.4. The SMILES string of the molecule is C=C(C)C(=O)OCCCC1([Si](C)(C)C)CCCCO1. The summed E-state index contributed by atoms with van der Waals surface area (Å²) in [5.41, 5.74) is 0.467. The Balaban J connectivity index is 2.46. The molecule has 1 atom stereocenters. The van der Waals surface area contributed by atoms with E-state index in [1.165, 1.54) is 12.8 Å². The third kappa shape index (κ3) is 4.46. The monoisotopic (exact) mass is 284 g/mol. The van der Waals surface area contributed by atoms with Gasteiger partial charge < -0.3 is 9.47 Å². The summed E-state index contributed by atoms with van der Waals surface area (Å²) in [4.78, 5) is 11.3. The van der Waals surface area contributed by atoms with Gasteiger partial charge in [-0.3, -0.25) is 0 Å². The lowest BCUT2D eigenvalue weighted by molar-refractivity contribution is -0.139. The van der Waals surface area contributed by atoms with Crippen LogP contribution in [0.5, 0.6) is 0 Å². The minimum Gasteiger partial charge on any atom is -0.462 e. The first-order valence-corrected chi connectivity index (χ1v) is 10.8. The van der Waals surface area contributed by atoms with E-state index in [-0.39, 0.29) is 11.2 Å². The van der Waals surface area contributed by atoms with Gasteiger partial charge >= 0.3 is 5.97 Å². The number of rotatable bonds is 6. The summed E-state index contributed by atoms with van der Waals surface area (Å²) in [5.74, 6) is -0.286. The van der Waals surface area contributed by atoms with Crippen LogP contribution in [0.25, 0.3) is 0 Å². The second-order valence-corrected chi connectivity index (χ2v) is 12.0. The first-order chi connectivity index (χ1) is 8.78. The van der Waals surface area contributed by atoms with Crippen LogP contribution < -0.4 is 0 Å². The highest BCUT2D eigenvalue weighted by atomic mass is 28.3. The molecule has 4 heteroatoms. The molecule has 1 aliphatic rings. The summed E-state index contributed by atoms with van der Waals surface area (Å²) in [6, 6.07) is 0. The predicted molar refractivity (Wildman–Crippen MR) is 80.9 cm³/mol. The third-order valence-electron chi connectivity index (χ3n) is 4.03.